The summed E-state index contributed by atoms with van der Waals surface area (Å²) in [5, 5.41) is 3.21. The van der Waals surface area contributed by atoms with E-state index in [-0.39, 0.29) is 11.1 Å². The Morgan fingerprint density at radius 1 is 1.65 bits per heavy atom. The van der Waals surface area contributed by atoms with E-state index in [1.807, 2.05) is 6.92 Å². The van der Waals surface area contributed by atoms with E-state index in [0.717, 1.165) is 26.0 Å². The van der Waals surface area contributed by atoms with Gasteiger partial charge in [-0.15, -0.1) is 0 Å². The van der Waals surface area contributed by atoms with Crippen molar-refractivity contribution in [1.82, 2.24) is 9.55 Å². The highest BCUT2D eigenvalue weighted by atomic mass is 16.5. The lowest BCUT2D eigenvalue weighted by Crippen LogP contribution is -2.38. The van der Waals surface area contributed by atoms with E-state index in [2.05, 4.69) is 17.2 Å². The summed E-state index contributed by atoms with van der Waals surface area (Å²) in [6.07, 6.45) is 5.23. The predicted molar refractivity (Wildman–Crippen MR) is 66.3 cm³/mol. The van der Waals surface area contributed by atoms with Gasteiger partial charge in [0.15, 0.2) is 5.82 Å². The molecule has 1 fully saturated rings. The fraction of sp³-hybridized carbons (Fsp3) is 0.667. The molecule has 0 radical (unpaired) electrons. The van der Waals surface area contributed by atoms with Gasteiger partial charge in [-0.3, -0.25) is 4.79 Å². The number of nitrogens with one attached hydrogen (secondary N) is 1. The summed E-state index contributed by atoms with van der Waals surface area (Å²) < 4.78 is 7.04. The van der Waals surface area contributed by atoms with Crippen LogP contribution in [0.5, 0.6) is 0 Å². The number of rotatable bonds is 4. The highest BCUT2D eigenvalue weighted by molar-refractivity contribution is 5.35. The van der Waals surface area contributed by atoms with Crippen LogP contribution in [-0.4, -0.2) is 28.3 Å². The third-order valence-corrected chi connectivity index (χ3v) is 3.02. The molecule has 1 saturated heterocycles. The van der Waals surface area contributed by atoms with Gasteiger partial charge < -0.3 is 14.6 Å². The van der Waals surface area contributed by atoms with E-state index in [1.54, 1.807) is 17.0 Å². The molecule has 1 aromatic heterocycles. The number of anilines is 1. The van der Waals surface area contributed by atoms with Crippen LogP contribution < -0.4 is 10.9 Å². The average Bonchev–Trinajstić information content (AvgIpc) is 2.71. The first-order valence-electron chi connectivity index (χ1n) is 6.06. The lowest BCUT2D eigenvalue weighted by atomic mass is 10.0. The predicted octanol–water partition coefficient (Wildman–Crippen LogP) is 1.24. The summed E-state index contributed by atoms with van der Waals surface area (Å²) in [7, 11) is 0. The summed E-state index contributed by atoms with van der Waals surface area (Å²) in [5.41, 5.74) is -0.222. The van der Waals surface area contributed by atoms with Gasteiger partial charge in [0, 0.05) is 25.5 Å². The number of nitrogens with zero attached hydrogens (tertiary/aromatic N) is 2. The lowest BCUT2D eigenvalue weighted by Gasteiger charge is -2.23. The molecule has 17 heavy (non-hydrogen) atoms. The zero-order valence-corrected chi connectivity index (χ0v) is 10.4. The Labute approximate surface area is 101 Å². The Morgan fingerprint density at radius 3 is 3.12 bits per heavy atom. The molecule has 0 spiro atoms. The zero-order valence-electron chi connectivity index (χ0n) is 10.4. The summed E-state index contributed by atoms with van der Waals surface area (Å²) in [4.78, 5) is 16.2. The first-order valence-corrected chi connectivity index (χ1v) is 6.06. The molecule has 94 valence electrons. The van der Waals surface area contributed by atoms with Gasteiger partial charge in [-0.25, -0.2) is 4.98 Å². The molecular weight excluding hydrogens is 218 g/mol. The standard InChI is InChI=1S/C12H19N3O2/c1-3-6-15-7-5-13-10(11(15)16)14-12(2)4-8-17-9-12/h5,7H,3-4,6,8-9H2,1-2H3,(H,13,14). The van der Waals surface area contributed by atoms with Crippen molar-refractivity contribution in [3.63, 3.8) is 0 Å². The summed E-state index contributed by atoms with van der Waals surface area (Å²) in [6.45, 7) is 6.18. The number of ether oxygens (including phenoxy) is 1. The third kappa shape index (κ3) is 2.66. The van der Waals surface area contributed by atoms with Crippen molar-refractivity contribution in [3.05, 3.63) is 22.7 Å². The minimum atomic E-state index is -0.169. The van der Waals surface area contributed by atoms with E-state index in [9.17, 15) is 4.79 Å². The van der Waals surface area contributed by atoms with Gasteiger partial charge in [0.25, 0.3) is 5.56 Å². The first kappa shape index (κ1) is 12.1. The number of aryl methyl sites for hydroxylation is 1. The second-order valence-corrected chi connectivity index (χ2v) is 4.76. The van der Waals surface area contributed by atoms with Gasteiger partial charge in [0.05, 0.1) is 12.1 Å². The SMILES string of the molecule is CCCn1ccnc(NC2(C)CCOC2)c1=O. The maximum Gasteiger partial charge on any atom is 0.293 e. The summed E-state index contributed by atoms with van der Waals surface area (Å²) >= 11 is 0. The normalized spacial score (nSPS) is 23.9. The Balaban J connectivity index is 2.21. The second kappa shape index (κ2) is 4.87. The Bertz CT molecular complexity index is 436. The monoisotopic (exact) mass is 237 g/mol. The van der Waals surface area contributed by atoms with Gasteiger partial charge in [-0.05, 0) is 19.8 Å². The second-order valence-electron chi connectivity index (χ2n) is 4.76. The van der Waals surface area contributed by atoms with Crippen LogP contribution in [0.2, 0.25) is 0 Å². The van der Waals surface area contributed by atoms with E-state index in [4.69, 9.17) is 4.74 Å². The Kier molecular flexibility index (Phi) is 3.47. The van der Waals surface area contributed by atoms with Crippen molar-refractivity contribution < 1.29 is 4.74 Å². The molecule has 5 nitrogen and oxygen atoms in total. The molecular formula is C12H19N3O2. The molecule has 0 aromatic carbocycles. The van der Waals surface area contributed by atoms with Crippen LogP contribution >= 0.6 is 0 Å². The molecule has 1 atom stereocenters. The molecule has 0 amide bonds. The fourth-order valence-corrected chi connectivity index (χ4v) is 2.00. The zero-order chi connectivity index (χ0) is 12.3. The third-order valence-electron chi connectivity index (χ3n) is 3.02. The van der Waals surface area contributed by atoms with E-state index >= 15 is 0 Å². The number of aromatic nitrogens is 2. The molecule has 1 aliphatic rings. The summed E-state index contributed by atoms with van der Waals surface area (Å²) in [5.74, 6) is 0.425. The molecule has 1 unspecified atom stereocenters. The minimum Gasteiger partial charge on any atom is -0.379 e. The molecule has 0 bridgehead atoms. The summed E-state index contributed by atoms with van der Waals surface area (Å²) in [6, 6.07) is 0. The van der Waals surface area contributed by atoms with Gasteiger partial charge in [-0.1, -0.05) is 6.92 Å². The molecule has 0 aliphatic carbocycles. The molecule has 2 heterocycles. The molecule has 0 saturated carbocycles. The van der Waals surface area contributed by atoms with Crippen molar-refractivity contribution in [2.75, 3.05) is 18.5 Å². The van der Waals surface area contributed by atoms with Gasteiger partial charge >= 0.3 is 0 Å². The average molecular weight is 237 g/mol. The van der Waals surface area contributed by atoms with Crippen molar-refractivity contribution in [3.8, 4) is 0 Å². The van der Waals surface area contributed by atoms with E-state index in [1.165, 1.54) is 0 Å². The van der Waals surface area contributed by atoms with Crippen molar-refractivity contribution in [1.29, 1.82) is 0 Å². The molecule has 1 N–H and O–H groups in total. The Morgan fingerprint density at radius 2 is 2.47 bits per heavy atom. The highest BCUT2D eigenvalue weighted by Crippen LogP contribution is 2.20. The first-order chi connectivity index (χ1) is 8.14. The van der Waals surface area contributed by atoms with E-state index < -0.39 is 0 Å². The van der Waals surface area contributed by atoms with Gasteiger partial charge in [-0.2, -0.15) is 0 Å². The topological polar surface area (TPSA) is 56.1 Å². The quantitative estimate of drug-likeness (QED) is 0.856. The molecule has 1 aliphatic heterocycles. The van der Waals surface area contributed by atoms with Crippen LogP contribution in [0.3, 0.4) is 0 Å². The van der Waals surface area contributed by atoms with Crippen molar-refractivity contribution >= 4 is 5.82 Å². The number of hydrogen-bond acceptors (Lipinski definition) is 4. The Hall–Kier alpha value is -1.36. The number of hydrogen-bond donors (Lipinski definition) is 1. The maximum atomic E-state index is 12.1. The van der Waals surface area contributed by atoms with Crippen molar-refractivity contribution in [2.24, 2.45) is 0 Å². The smallest absolute Gasteiger partial charge is 0.293 e. The van der Waals surface area contributed by atoms with Crippen LogP contribution in [0.1, 0.15) is 26.7 Å². The van der Waals surface area contributed by atoms with Gasteiger partial charge in [0.1, 0.15) is 0 Å². The molecule has 1 aromatic rings. The molecule has 2 rings (SSSR count). The highest BCUT2D eigenvalue weighted by Gasteiger charge is 2.30. The van der Waals surface area contributed by atoms with Crippen LogP contribution in [0.25, 0.3) is 0 Å². The lowest BCUT2D eigenvalue weighted by molar-refractivity contribution is 0.185. The van der Waals surface area contributed by atoms with Crippen LogP contribution in [-0.2, 0) is 11.3 Å². The largest absolute Gasteiger partial charge is 0.379 e. The minimum absolute atomic E-state index is 0.0533. The van der Waals surface area contributed by atoms with Crippen LogP contribution in [0.15, 0.2) is 17.2 Å². The van der Waals surface area contributed by atoms with E-state index in [0.29, 0.717) is 12.4 Å². The maximum absolute atomic E-state index is 12.1. The van der Waals surface area contributed by atoms with Gasteiger partial charge in [0.2, 0.25) is 0 Å². The van der Waals surface area contributed by atoms with Crippen LogP contribution in [0, 0.1) is 0 Å². The molecule has 5 heteroatoms. The van der Waals surface area contributed by atoms with Crippen LogP contribution in [0.4, 0.5) is 5.82 Å². The fourth-order valence-electron chi connectivity index (χ4n) is 2.00. The van der Waals surface area contributed by atoms with Crippen molar-refractivity contribution in [2.45, 2.75) is 38.8 Å².